The van der Waals surface area contributed by atoms with Crippen molar-refractivity contribution < 1.29 is 23.2 Å². The zero-order chi connectivity index (χ0) is 20.5. The topological polar surface area (TPSA) is 87.3 Å². The second-order valence-electron chi connectivity index (χ2n) is 5.85. The van der Waals surface area contributed by atoms with E-state index in [-0.39, 0.29) is 18.1 Å². The highest BCUT2D eigenvalue weighted by Crippen LogP contribution is 2.13. The number of amides is 3. The number of halogens is 2. The lowest BCUT2D eigenvalue weighted by Gasteiger charge is -2.13. The van der Waals surface area contributed by atoms with Crippen molar-refractivity contribution in [2.75, 3.05) is 11.1 Å². The highest BCUT2D eigenvalue weighted by atomic mass is 32.2. The Bertz CT molecular complexity index is 829. The molecule has 2 aromatic carbocycles. The molecule has 0 aromatic heterocycles. The number of carbonyl (C=O) groups excluding carboxylic acids is 3. The number of hydrogen-bond acceptors (Lipinski definition) is 4. The average Bonchev–Trinajstić information content (AvgIpc) is 2.67. The fourth-order valence-corrected chi connectivity index (χ4v) is 2.76. The molecule has 148 valence electrons. The molecule has 28 heavy (non-hydrogen) atoms. The van der Waals surface area contributed by atoms with Crippen LogP contribution in [0.25, 0.3) is 0 Å². The highest BCUT2D eigenvalue weighted by molar-refractivity contribution is 8.01. The Morgan fingerprint density at radius 3 is 2.07 bits per heavy atom. The van der Waals surface area contributed by atoms with Crippen molar-refractivity contribution in [1.82, 2.24) is 10.9 Å². The molecule has 0 heterocycles. The van der Waals surface area contributed by atoms with Gasteiger partial charge in [0.1, 0.15) is 11.6 Å². The van der Waals surface area contributed by atoms with E-state index in [1.54, 1.807) is 6.92 Å². The quantitative estimate of drug-likeness (QED) is 0.615. The van der Waals surface area contributed by atoms with Crippen LogP contribution < -0.4 is 16.2 Å². The molecule has 3 amide bonds. The maximum atomic E-state index is 12.8. The average molecular weight is 407 g/mol. The first-order chi connectivity index (χ1) is 13.3. The van der Waals surface area contributed by atoms with Crippen molar-refractivity contribution in [3.05, 3.63) is 65.7 Å². The van der Waals surface area contributed by atoms with E-state index in [0.717, 1.165) is 11.8 Å². The highest BCUT2D eigenvalue weighted by Gasteiger charge is 2.16. The van der Waals surface area contributed by atoms with Crippen molar-refractivity contribution in [2.45, 2.75) is 18.6 Å². The van der Waals surface area contributed by atoms with Crippen molar-refractivity contribution in [3.8, 4) is 0 Å². The van der Waals surface area contributed by atoms with Crippen LogP contribution in [0.2, 0.25) is 0 Å². The van der Waals surface area contributed by atoms with E-state index in [9.17, 15) is 23.2 Å². The summed E-state index contributed by atoms with van der Waals surface area (Å²) in [6.45, 7) is 1.59. The van der Waals surface area contributed by atoms with E-state index >= 15 is 0 Å². The molecular formula is C19H19F2N3O3S. The number of nitrogens with one attached hydrogen (secondary N) is 3. The van der Waals surface area contributed by atoms with Gasteiger partial charge < -0.3 is 5.32 Å². The summed E-state index contributed by atoms with van der Waals surface area (Å²) in [5.41, 5.74) is 5.62. The normalized spacial score (nSPS) is 11.4. The monoisotopic (exact) mass is 407 g/mol. The van der Waals surface area contributed by atoms with E-state index in [1.807, 2.05) is 0 Å². The van der Waals surface area contributed by atoms with E-state index in [4.69, 9.17) is 0 Å². The number of hydrogen-bond donors (Lipinski definition) is 3. The van der Waals surface area contributed by atoms with Gasteiger partial charge in [-0.1, -0.05) is 12.1 Å². The van der Waals surface area contributed by atoms with Crippen LogP contribution in [-0.2, 0) is 20.8 Å². The molecule has 1 atom stereocenters. The zero-order valence-corrected chi connectivity index (χ0v) is 15.8. The van der Waals surface area contributed by atoms with Gasteiger partial charge in [-0.05, 0) is 48.9 Å². The predicted molar refractivity (Wildman–Crippen MR) is 103 cm³/mol. The lowest BCUT2D eigenvalue weighted by atomic mass is 10.1. The first kappa shape index (κ1) is 21.4. The van der Waals surface area contributed by atoms with Crippen molar-refractivity contribution >= 4 is 35.2 Å². The second-order valence-corrected chi connectivity index (χ2v) is 7.18. The molecule has 2 aromatic rings. The number of hydrazine groups is 1. The molecule has 0 fully saturated rings. The van der Waals surface area contributed by atoms with Gasteiger partial charge in [0.2, 0.25) is 11.8 Å². The van der Waals surface area contributed by atoms with Crippen LogP contribution in [-0.4, -0.2) is 28.7 Å². The molecule has 0 spiro atoms. The van der Waals surface area contributed by atoms with Crippen LogP contribution in [0.1, 0.15) is 12.5 Å². The third-order valence-electron chi connectivity index (χ3n) is 3.56. The van der Waals surface area contributed by atoms with Crippen LogP contribution in [0.5, 0.6) is 0 Å². The fraction of sp³-hybridized carbons (Fsp3) is 0.211. The van der Waals surface area contributed by atoms with Gasteiger partial charge in [0.15, 0.2) is 0 Å². The lowest BCUT2D eigenvalue weighted by Crippen LogP contribution is -2.45. The molecule has 0 aliphatic carbocycles. The minimum Gasteiger partial charge on any atom is -0.325 e. The molecule has 1 unspecified atom stereocenters. The van der Waals surface area contributed by atoms with Gasteiger partial charge in [-0.15, -0.1) is 11.8 Å². The lowest BCUT2D eigenvalue weighted by molar-refractivity contribution is -0.128. The standard InChI is InChI=1S/C19H19F2N3O3S/c1-12(28-11-18(26)22-16-8-6-15(21)7-9-16)19(27)24-23-17(25)10-13-2-4-14(20)5-3-13/h2-9,12H,10-11H2,1H3,(H,22,26)(H,23,25)(H,24,27). The Morgan fingerprint density at radius 1 is 0.893 bits per heavy atom. The third kappa shape index (κ3) is 7.36. The molecule has 2 rings (SSSR count). The van der Waals surface area contributed by atoms with E-state index in [2.05, 4.69) is 16.2 Å². The number of carbonyl (C=O) groups is 3. The number of anilines is 1. The number of rotatable bonds is 7. The van der Waals surface area contributed by atoms with Gasteiger partial charge in [-0.25, -0.2) is 8.78 Å². The van der Waals surface area contributed by atoms with Crippen LogP contribution in [0, 0.1) is 11.6 Å². The summed E-state index contributed by atoms with van der Waals surface area (Å²) in [5.74, 6) is -2.05. The molecule has 3 N–H and O–H groups in total. The van der Waals surface area contributed by atoms with E-state index in [1.165, 1.54) is 48.5 Å². The van der Waals surface area contributed by atoms with E-state index < -0.39 is 28.7 Å². The summed E-state index contributed by atoms with van der Waals surface area (Å²) in [6.07, 6.45) is -0.0117. The molecule has 0 saturated heterocycles. The summed E-state index contributed by atoms with van der Waals surface area (Å²) in [4.78, 5) is 35.6. The minimum atomic E-state index is -0.593. The Kier molecular flexibility index (Phi) is 7.94. The summed E-state index contributed by atoms with van der Waals surface area (Å²) >= 11 is 1.08. The van der Waals surface area contributed by atoms with Gasteiger partial charge >= 0.3 is 0 Å². The summed E-state index contributed by atoms with van der Waals surface area (Å²) in [7, 11) is 0. The Hall–Kier alpha value is -2.94. The first-order valence-corrected chi connectivity index (χ1v) is 9.38. The third-order valence-corrected chi connectivity index (χ3v) is 4.71. The maximum absolute atomic E-state index is 12.8. The van der Waals surface area contributed by atoms with Crippen molar-refractivity contribution in [2.24, 2.45) is 0 Å². The molecule has 0 aliphatic heterocycles. The molecule has 9 heteroatoms. The summed E-state index contributed by atoms with van der Waals surface area (Å²) in [5, 5.41) is 2.00. The number of benzene rings is 2. The molecule has 0 aliphatic rings. The second kappa shape index (κ2) is 10.4. The SMILES string of the molecule is CC(SCC(=O)Nc1ccc(F)cc1)C(=O)NNC(=O)Cc1ccc(F)cc1. The Morgan fingerprint density at radius 2 is 1.46 bits per heavy atom. The van der Waals surface area contributed by atoms with Crippen LogP contribution in [0.15, 0.2) is 48.5 Å². The van der Waals surface area contributed by atoms with Gasteiger partial charge in [0.25, 0.3) is 5.91 Å². The van der Waals surface area contributed by atoms with Crippen molar-refractivity contribution in [1.29, 1.82) is 0 Å². The molecule has 0 saturated carbocycles. The minimum absolute atomic E-state index is 0.00941. The van der Waals surface area contributed by atoms with Gasteiger partial charge in [0.05, 0.1) is 17.4 Å². The Balaban J connectivity index is 1.68. The summed E-state index contributed by atoms with van der Waals surface area (Å²) < 4.78 is 25.7. The Labute approximate surface area is 165 Å². The zero-order valence-electron chi connectivity index (χ0n) is 15.0. The van der Waals surface area contributed by atoms with Gasteiger partial charge in [0, 0.05) is 5.69 Å². The largest absolute Gasteiger partial charge is 0.325 e. The van der Waals surface area contributed by atoms with Gasteiger partial charge in [-0.3, -0.25) is 25.2 Å². The predicted octanol–water partition coefficient (Wildman–Crippen LogP) is 2.42. The van der Waals surface area contributed by atoms with Crippen LogP contribution >= 0.6 is 11.8 Å². The molecular weight excluding hydrogens is 388 g/mol. The van der Waals surface area contributed by atoms with E-state index in [0.29, 0.717) is 11.3 Å². The molecule has 0 bridgehead atoms. The summed E-state index contributed by atoms with van der Waals surface area (Å²) in [6, 6.07) is 10.8. The smallest absolute Gasteiger partial charge is 0.251 e. The first-order valence-electron chi connectivity index (χ1n) is 8.33. The molecule has 0 radical (unpaired) electrons. The molecule has 6 nitrogen and oxygen atoms in total. The van der Waals surface area contributed by atoms with Gasteiger partial charge in [-0.2, -0.15) is 0 Å². The number of thioether (sulfide) groups is 1. The van der Waals surface area contributed by atoms with Crippen LogP contribution in [0.4, 0.5) is 14.5 Å². The van der Waals surface area contributed by atoms with Crippen molar-refractivity contribution in [3.63, 3.8) is 0 Å². The maximum Gasteiger partial charge on any atom is 0.251 e. The fourth-order valence-electron chi connectivity index (χ4n) is 2.07. The van der Waals surface area contributed by atoms with Crippen LogP contribution in [0.3, 0.4) is 0 Å².